The Bertz CT molecular complexity index is 244. The summed E-state index contributed by atoms with van der Waals surface area (Å²) in [5, 5.41) is -0.680. The predicted octanol–water partition coefficient (Wildman–Crippen LogP) is 1.70. The van der Waals surface area contributed by atoms with Crippen LogP contribution >= 0.6 is 11.6 Å². The van der Waals surface area contributed by atoms with Crippen molar-refractivity contribution in [1.82, 2.24) is 0 Å². The lowest BCUT2D eigenvalue weighted by Crippen LogP contribution is -2.51. The van der Waals surface area contributed by atoms with Crippen molar-refractivity contribution in [2.24, 2.45) is 0 Å². The second kappa shape index (κ2) is 4.68. The first kappa shape index (κ1) is 12.7. The molecule has 0 spiro atoms. The number of carbonyl (C=O) groups excluding carboxylic acids is 1. The van der Waals surface area contributed by atoms with E-state index in [0.29, 0.717) is 0 Å². The van der Waals surface area contributed by atoms with Gasteiger partial charge in [-0.3, -0.25) is 4.79 Å². The fourth-order valence-electron chi connectivity index (χ4n) is 1.29. The SMILES string of the molecule is CC(Cl)C(=O)OC1(C)COC(C)C(C)O1. The van der Waals surface area contributed by atoms with Crippen molar-refractivity contribution in [2.45, 2.75) is 51.1 Å². The van der Waals surface area contributed by atoms with Crippen molar-refractivity contribution < 1.29 is 19.0 Å². The number of halogens is 1. The van der Waals surface area contributed by atoms with Gasteiger partial charge < -0.3 is 14.2 Å². The number of carbonyl (C=O) groups is 1. The van der Waals surface area contributed by atoms with E-state index in [9.17, 15) is 4.79 Å². The average Bonchev–Trinajstić information content (AvgIpc) is 2.12. The van der Waals surface area contributed by atoms with Gasteiger partial charge in [0.25, 0.3) is 0 Å². The molecule has 15 heavy (non-hydrogen) atoms. The van der Waals surface area contributed by atoms with E-state index in [2.05, 4.69) is 0 Å². The number of rotatable bonds is 2. The molecule has 0 amide bonds. The monoisotopic (exact) mass is 236 g/mol. The molecule has 4 nitrogen and oxygen atoms in total. The van der Waals surface area contributed by atoms with Crippen LogP contribution in [0.5, 0.6) is 0 Å². The molecule has 1 aliphatic rings. The number of hydrogen-bond donors (Lipinski definition) is 0. The summed E-state index contributed by atoms with van der Waals surface area (Å²) in [5.74, 6) is -1.52. The highest BCUT2D eigenvalue weighted by atomic mass is 35.5. The Balaban J connectivity index is 2.56. The molecule has 0 aromatic rings. The first-order chi connectivity index (χ1) is 6.84. The van der Waals surface area contributed by atoms with Gasteiger partial charge in [0, 0.05) is 6.92 Å². The fraction of sp³-hybridized carbons (Fsp3) is 0.900. The minimum atomic E-state index is -1.02. The van der Waals surface area contributed by atoms with Crippen LogP contribution in [-0.2, 0) is 19.0 Å². The Kier molecular flexibility index (Phi) is 3.98. The van der Waals surface area contributed by atoms with E-state index in [4.69, 9.17) is 25.8 Å². The number of alkyl halides is 1. The maximum absolute atomic E-state index is 11.3. The second-order valence-corrected chi connectivity index (χ2v) is 4.66. The highest BCUT2D eigenvalue weighted by Gasteiger charge is 2.39. The van der Waals surface area contributed by atoms with Crippen molar-refractivity contribution in [1.29, 1.82) is 0 Å². The third-order valence-electron chi connectivity index (χ3n) is 2.35. The lowest BCUT2D eigenvalue weighted by atomic mass is 10.2. The summed E-state index contributed by atoms with van der Waals surface area (Å²) in [6.45, 7) is 7.25. The molecule has 4 unspecified atom stereocenters. The Morgan fingerprint density at radius 3 is 2.60 bits per heavy atom. The number of ether oxygens (including phenoxy) is 3. The van der Waals surface area contributed by atoms with Gasteiger partial charge in [0.2, 0.25) is 5.79 Å². The molecule has 4 atom stereocenters. The number of esters is 1. The number of hydrogen-bond acceptors (Lipinski definition) is 4. The van der Waals surface area contributed by atoms with E-state index < -0.39 is 17.1 Å². The van der Waals surface area contributed by atoms with Crippen LogP contribution in [-0.4, -0.2) is 35.9 Å². The molecule has 1 heterocycles. The predicted molar refractivity (Wildman–Crippen MR) is 55.8 cm³/mol. The van der Waals surface area contributed by atoms with Crippen LogP contribution in [0.2, 0.25) is 0 Å². The van der Waals surface area contributed by atoms with Crippen LogP contribution in [0.1, 0.15) is 27.7 Å². The first-order valence-corrected chi connectivity index (χ1v) is 5.44. The summed E-state index contributed by atoms with van der Waals surface area (Å²) in [5.41, 5.74) is 0. The summed E-state index contributed by atoms with van der Waals surface area (Å²) in [6, 6.07) is 0. The maximum Gasteiger partial charge on any atom is 0.326 e. The van der Waals surface area contributed by atoms with Gasteiger partial charge in [-0.15, -0.1) is 11.6 Å². The Labute approximate surface area is 94.8 Å². The Morgan fingerprint density at radius 2 is 2.13 bits per heavy atom. The van der Waals surface area contributed by atoms with Gasteiger partial charge in [0.15, 0.2) is 0 Å². The van der Waals surface area contributed by atoms with Crippen molar-refractivity contribution in [3.63, 3.8) is 0 Å². The lowest BCUT2D eigenvalue weighted by molar-refractivity contribution is -0.308. The molecule has 0 saturated carbocycles. The van der Waals surface area contributed by atoms with Crippen molar-refractivity contribution in [3.8, 4) is 0 Å². The molecular weight excluding hydrogens is 220 g/mol. The highest BCUT2D eigenvalue weighted by Crippen LogP contribution is 2.25. The van der Waals surface area contributed by atoms with Gasteiger partial charge >= 0.3 is 5.97 Å². The van der Waals surface area contributed by atoms with Crippen LogP contribution in [0.4, 0.5) is 0 Å². The third-order valence-corrected chi connectivity index (χ3v) is 2.52. The Morgan fingerprint density at radius 1 is 1.53 bits per heavy atom. The highest BCUT2D eigenvalue weighted by molar-refractivity contribution is 6.29. The quantitative estimate of drug-likeness (QED) is 0.541. The van der Waals surface area contributed by atoms with Gasteiger partial charge in [-0.05, 0) is 20.8 Å². The van der Waals surface area contributed by atoms with E-state index in [1.807, 2.05) is 13.8 Å². The van der Waals surface area contributed by atoms with Crippen LogP contribution in [0.15, 0.2) is 0 Å². The summed E-state index contributed by atoms with van der Waals surface area (Å²) >= 11 is 5.60. The summed E-state index contributed by atoms with van der Waals surface area (Å²) in [6.07, 6.45) is -0.104. The molecule has 1 aliphatic heterocycles. The summed E-state index contributed by atoms with van der Waals surface area (Å²) in [7, 11) is 0. The Hall–Kier alpha value is -0.320. The molecule has 1 fully saturated rings. The normalized spacial score (nSPS) is 38.5. The standard InChI is InChI=1S/C10H17ClO4/c1-6(11)9(12)15-10(4)5-13-7(2)8(3)14-10/h6-8H,5H2,1-4H3. The van der Waals surface area contributed by atoms with Gasteiger partial charge in [-0.1, -0.05) is 0 Å². The van der Waals surface area contributed by atoms with Crippen LogP contribution in [0, 0.1) is 0 Å². The van der Waals surface area contributed by atoms with Crippen molar-refractivity contribution >= 4 is 17.6 Å². The fourth-order valence-corrected chi connectivity index (χ4v) is 1.33. The topological polar surface area (TPSA) is 44.8 Å². The molecule has 0 bridgehead atoms. The van der Waals surface area contributed by atoms with E-state index in [1.165, 1.54) is 0 Å². The molecule has 1 saturated heterocycles. The van der Waals surface area contributed by atoms with E-state index in [-0.39, 0.29) is 18.8 Å². The second-order valence-electron chi connectivity index (χ2n) is 4.01. The molecular formula is C10H17ClO4. The zero-order valence-electron chi connectivity index (χ0n) is 9.45. The minimum absolute atomic E-state index is 0.00482. The third kappa shape index (κ3) is 3.33. The summed E-state index contributed by atoms with van der Waals surface area (Å²) in [4.78, 5) is 11.3. The van der Waals surface area contributed by atoms with Gasteiger partial charge in [-0.25, -0.2) is 0 Å². The molecule has 1 rings (SSSR count). The van der Waals surface area contributed by atoms with E-state index in [1.54, 1.807) is 13.8 Å². The van der Waals surface area contributed by atoms with E-state index in [0.717, 1.165) is 0 Å². The van der Waals surface area contributed by atoms with E-state index >= 15 is 0 Å². The molecule has 88 valence electrons. The van der Waals surface area contributed by atoms with Crippen LogP contribution in [0.25, 0.3) is 0 Å². The van der Waals surface area contributed by atoms with Gasteiger partial charge in [0.05, 0.1) is 12.2 Å². The molecule has 0 aromatic heterocycles. The minimum Gasteiger partial charge on any atom is -0.430 e. The molecule has 0 aliphatic carbocycles. The van der Waals surface area contributed by atoms with Crippen molar-refractivity contribution in [2.75, 3.05) is 6.61 Å². The van der Waals surface area contributed by atoms with Crippen molar-refractivity contribution in [3.05, 3.63) is 0 Å². The van der Waals surface area contributed by atoms with Gasteiger partial charge in [-0.2, -0.15) is 0 Å². The average molecular weight is 237 g/mol. The molecule has 0 aromatic carbocycles. The molecule has 0 radical (unpaired) electrons. The smallest absolute Gasteiger partial charge is 0.326 e. The summed E-state index contributed by atoms with van der Waals surface area (Å²) < 4.78 is 16.2. The zero-order chi connectivity index (χ0) is 11.6. The van der Waals surface area contributed by atoms with Crippen LogP contribution in [0.3, 0.4) is 0 Å². The zero-order valence-corrected chi connectivity index (χ0v) is 10.2. The molecule has 0 N–H and O–H groups in total. The van der Waals surface area contributed by atoms with Gasteiger partial charge in [0.1, 0.15) is 12.0 Å². The van der Waals surface area contributed by atoms with Crippen LogP contribution < -0.4 is 0 Å². The lowest BCUT2D eigenvalue weighted by Gasteiger charge is -2.39. The maximum atomic E-state index is 11.3. The first-order valence-electron chi connectivity index (χ1n) is 5.00. The largest absolute Gasteiger partial charge is 0.430 e. The molecule has 5 heteroatoms.